The van der Waals surface area contributed by atoms with E-state index in [1.165, 1.54) is 0 Å². The number of halogens is 2. The fourth-order valence-corrected chi connectivity index (χ4v) is 4.90. The van der Waals surface area contributed by atoms with Crippen LogP contribution in [0.5, 0.6) is 0 Å². The number of fused-ring (bicyclic) bond motifs is 5. The lowest BCUT2D eigenvalue weighted by Gasteiger charge is -2.30. The molecule has 31 heavy (non-hydrogen) atoms. The van der Waals surface area contributed by atoms with E-state index in [0.29, 0.717) is 10.2 Å². The van der Waals surface area contributed by atoms with E-state index in [2.05, 4.69) is 28.1 Å². The van der Waals surface area contributed by atoms with E-state index in [4.69, 9.17) is 33.3 Å². The van der Waals surface area contributed by atoms with Crippen molar-refractivity contribution >= 4 is 39.9 Å². The van der Waals surface area contributed by atoms with Crippen molar-refractivity contribution in [2.75, 3.05) is 5.32 Å². The summed E-state index contributed by atoms with van der Waals surface area (Å²) in [6.07, 6.45) is -0.263. The van der Waals surface area contributed by atoms with Gasteiger partial charge in [-0.2, -0.15) is 5.10 Å². The van der Waals surface area contributed by atoms with Crippen molar-refractivity contribution in [1.82, 2.24) is 19.3 Å². The zero-order valence-electron chi connectivity index (χ0n) is 16.6. The number of hydrogen-bond donors (Lipinski definition) is 1. The normalized spacial score (nSPS) is 14.9. The molecule has 0 aliphatic carbocycles. The van der Waals surface area contributed by atoms with E-state index >= 15 is 0 Å². The van der Waals surface area contributed by atoms with Gasteiger partial charge in [0.15, 0.2) is 0 Å². The van der Waals surface area contributed by atoms with E-state index in [0.717, 1.165) is 45.1 Å². The summed E-state index contributed by atoms with van der Waals surface area (Å²) < 4.78 is 3.90. The van der Waals surface area contributed by atoms with E-state index in [1.54, 1.807) is 4.68 Å². The third-order valence-corrected chi connectivity index (χ3v) is 6.40. The van der Waals surface area contributed by atoms with Gasteiger partial charge in [-0.25, -0.2) is 9.67 Å². The number of imidazole rings is 1. The SMILES string of the molecule is Cc1nn(-c2ccccc2Cl)c(Cl)c1C1Nc2ccccc2-c2nc3ccccc3n21. The van der Waals surface area contributed by atoms with Gasteiger partial charge >= 0.3 is 0 Å². The molecule has 3 aromatic carbocycles. The third-order valence-electron chi connectivity index (χ3n) is 5.72. The monoisotopic (exact) mass is 445 g/mol. The van der Waals surface area contributed by atoms with Gasteiger partial charge in [0.25, 0.3) is 0 Å². The molecule has 0 saturated heterocycles. The summed E-state index contributed by atoms with van der Waals surface area (Å²) in [5, 5.41) is 9.51. The smallest absolute Gasteiger partial charge is 0.145 e. The molecule has 3 heterocycles. The first-order valence-corrected chi connectivity index (χ1v) is 10.7. The van der Waals surface area contributed by atoms with Gasteiger partial charge < -0.3 is 5.32 Å². The second kappa shape index (κ2) is 6.87. The molecule has 1 aliphatic heterocycles. The summed E-state index contributed by atoms with van der Waals surface area (Å²) in [6.45, 7) is 1.97. The molecule has 1 atom stereocenters. The van der Waals surface area contributed by atoms with Gasteiger partial charge in [0.05, 0.1) is 33.0 Å². The lowest BCUT2D eigenvalue weighted by Crippen LogP contribution is -2.25. The Hall–Kier alpha value is -3.28. The topological polar surface area (TPSA) is 47.7 Å². The van der Waals surface area contributed by atoms with Crippen LogP contribution in [0.4, 0.5) is 5.69 Å². The van der Waals surface area contributed by atoms with Crippen LogP contribution in [0.2, 0.25) is 10.2 Å². The fraction of sp³-hybridized carbons (Fsp3) is 0.0833. The lowest BCUT2D eigenvalue weighted by atomic mass is 10.1. The quantitative estimate of drug-likeness (QED) is 0.338. The highest BCUT2D eigenvalue weighted by atomic mass is 35.5. The van der Waals surface area contributed by atoms with Crippen LogP contribution in [0.25, 0.3) is 28.1 Å². The minimum absolute atomic E-state index is 0.263. The summed E-state index contributed by atoms with van der Waals surface area (Å²) in [5.41, 5.74) is 6.50. The maximum absolute atomic E-state index is 6.95. The van der Waals surface area contributed by atoms with E-state index in [9.17, 15) is 0 Å². The number of aryl methyl sites for hydroxylation is 1. The molecule has 2 aromatic heterocycles. The predicted octanol–water partition coefficient (Wildman–Crippen LogP) is 6.48. The highest BCUT2D eigenvalue weighted by Gasteiger charge is 2.32. The first-order chi connectivity index (χ1) is 15.1. The number of benzene rings is 3. The van der Waals surface area contributed by atoms with Gasteiger partial charge in [-0.3, -0.25) is 4.57 Å². The van der Waals surface area contributed by atoms with Crippen molar-refractivity contribution < 1.29 is 0 Å². The molecule has 5 aromatic rings. The number of nitrogens with zero attached hydrogens (tertiary/aromatic N) is 4. The first kappa shape index (κ1) is 18.5. The Morgan fingerprint density at radius 2 is 1.65 bits per heavy atom. The van der Waals surface area contributed by atoms with Crippen LogP contribution < -0.4 is 5.32 Å². The Morgan fingerprint density at radius 3 is 2.52 bits per heavy atom. The number of anilines is 1. The van der Waals surface area contributed by atoms with Crippen LogP contribution in [0.15, 0.2) is 72.8 Å². The maximum Gasteiger partial charge on any atom is 0.145 e. The summed E-state index contributed by atoms with van der Waals surface area (Å²) in [6, 6.07) is 23.9. The minimum atomic E-state index is -0.263. The highest BCUT2D eigenvalue weighted by Crippen LogP contribution is 2.43. The van der Waals surface area contributed by atoms with Gasteiger partial charge in [-0.1, -0.05) is 59.6 Å². The maximum atomic E-state index is 6.95. The summed E-state index contributed by atoms with van der Waals surface area (Å²) in [5.74, 6) is 0.904. The molecule has 5 nitrogen and oxygen atoms in total. The Kier molecular flexibility index (Phi) is 4.10. The van der Waals surface area contributed by atoms with Gasteiger partial charge in [0, 0.05) is 11.3 Å². The zero-order valence-corrected chi connectivity index (χ0v) is 18.1. The average Bonchev–Trinajstić information content (AvgIpc) is 3.31. The molecule has 1 aliphatic rings. The van der Waals surface area contributed by atoms with Gasteiger partial charge in [0.2, 0.25) is 0 Å². The standard InChI is InChI=1S/C24H17Cl2N5/c1-14-21(22(26)31(29-14)19-12-6-3-9-16(19)25)24-27-17-10-4-2-8-15(17)23-28-18-11-5-7-13-20(18)30(23)24/h2-13,24,27H,1H3. The number of nitrogens with one attached hydrogen (secondary N) is 1. The molecule has 0 fully saturated rings. The molecular formula is C24H17Cl2N5. The molecule has 0 saturated carbocycles. The zero-order chi connectivity index (χ0) is 21.1. The molecule has 0 bridgehead atoms. The van der Waals surface area contributed by atoms with Crippen LogP contribution >= 0.6 is 23.2 Å². The molecule has 0 amide bonds. The Morgan fingerprint density at radius 1 is 0.903 bits per heavy atom. The second-order valence-electron chi connectivity index (χ2n) is 7.54. The fourth-order valence-electron chi connectivity index (χ4n) is 4.32. The number of para-hydroxylation sites is 4. The Balaban J connectivity index is 1.62. The van der Waals surface area contributed by atoms with Crippen molar-refractivity contribution in [2.45, 2.75) is 13.1 Å². The van der Waals surface area contributed by atoms with Crippen LogP contribution in [0.3, 0.4) is 0 Å². The van der Waals surface area contributed by atoms with Gasteiger partial charge in [-0.05, 0) is 43.3 Å². The summed E-state index contributed by atoms with van der Waals surface area (Å²) in [7, 11) is 0. The molecule has 0 spiro atoms. The van der Waals surface area contributed by atoms with Gasteiger partial charge in [-0.15, -0.1) is 0 Å². The molecule has 6 rings (SSSR count). The van der Waals surface area contributed by atoms with Gasteiger partial charge in [0.1, 0.15) is 17.1 Å². The van der Waals surface area contributed by atoms with Crippen molar-refractivity contribution in [3.05, 3.63) is 94.2 Å². The number of hydrogen-bond acceptors (Lipinski definition) is 3. The molecule has 7 heteroatoms. The van der Waals surface area contributed by atoms with Crippen LogP contribution in [-0.2, 0) is 0 Å². The molecule has 152 valence electrons. The molecule has 1 unspecified atom stereocenters. The molecule has 1 N–H and O–H groups in total. The number of aromatic nitrogens is 4. The lowest BCUT2D eigenvalue weighted by molar-refractivity contribution is 0.665. The number of rotatable bonds is 2. The summed E-state index contributed by atoms with van der Waals surface area (Å²) >= 11 is 13.4. The summed E-state index contributed by atoms with van der Waals surface area (Å²) in [4.78, 5) is 4.94. The van der Waals surface area contributed by atoms with Crippen molar-refractivity contribution in [2.24, 2.45) is 0 Å². The Bertz CT molecular complexity index is 1470. The highest BCUT2D eigenvalue weighted by molar-refractivity contribution is 6.33. The van der Waals surface area contributed by atoms with Crippen LogP contribution in [0.1, 0.15) is 17.4 Å². The van der Waals surface area contributed by atoms with Crippen molar-refractivity contribution in [3.8, 4) is 17.1 Å². The van der Waals surface area contributed by atoms with E-state index in [1.807, 2.05) is 61.5 Å². The first-order valence-electron chi connectivity index (χ1n) is 9.96. The predicted molar refractivity (Wildman–Crippen MR) is 125 cm³/mol. The largest absolute Gasteiger partial charge is 0.360 e. The average molecular weight is 446 g/mol. The van der Waals surface area contributed by atoms with Crippen molar-refractivity contribution in [1.29, 1.82) is 0 Å². The van der Waals surface area contributed by atoms with E-state index in [-0.39, 0.29) is 6.17 Å². The van der Waals surface area contributed by atoms with Crippen molar-refractivity contribution in [3.63, 3.8) is 0 Å². The van der Waals surface area contributed by atoms with E-state index < -0.39 is 0 Å². The Labute approximate surface area is 188 Å². The van der Waals surface area contributed by atoms with Crippen LogP contribution in [0, 0.1) is 6.92 Å². The third kappa shape index (κ3) is 2.70. The van der Waals surface area contributed by atoms with Crippen LogP contribution in [-0.4, -0.2) is 19.3 Å². The second-order valence-corrected chi connectivity index (χ2v) is 8.30. The molecular weight excluding hydrogens is 429 g/mol. The minimum Gasteiger partial charge on any atom is -0.360 e. The molecule has 0 radical (unpaired) electrons.